The molecular weight excluding hydrogens is 363 g/mol. The number of hydrogen-bond acceptors (Lipinski definition) is 4. The van der Waals surface area contributed by atoms with Crippen LogP contribution in [0.3, 0.4) is 0 Å². The van der Waals surface area contributed by atoms with Crippen molar-refractivity contribution in [3.05, 3.63) is 52.0 Å². The molecule has 1 aliphatic rings. The molecule has 3 rings (SSSR count). The number of nitrogens with one attached hydrogen (secondary N) is 1. The van der Waals surface area contributed by atoms with Gasteiger partial charge in [-0.05, 0) is 43.8 Å². The predicted octanol–water partition coefficient (Wildman–Crippen LogP) is 4.35. The first kappa shape index (κ1) is 17.9. The third-order valence-corrected chi connectivity index (χ3v) is 4.69. The minimum absolute atomic E-state index is 0.0349. The van der Waals surface area contributed by atoms with Crippen LogP contribution in [0.25, 0.3) is 0 Å². The topological polar surface area (TPSA) is 50.8 Å². The highest BCUT2D eigenvalue weighted by Crippen LogP contribution is 2.34. The second-order valence-corrected chi connectivity index (χ2v) is 6.72. The Balaban J connectivity index is 1.62. The van der Waals surface area contributed by atoms with Crippen LogP contribution in [-0.4, -0.2) is 31.2 Å². The minimum atomic E-state index is -0.127. The van der Waals surface area contributed by atoms with E-state index in [0.29, 0.717) is 27.2 Å². The highest BCUT2D eigenvalue weighted by atomic mass is 35.5. The van der Waals surface area contributed by atoms with Gasteiger partial charge in [-0.2, -0.15) is 0 Å². The molecular formula is C18H18Cl2N2O3. The summed E-state index contributed by atoms with van der Waals surface area (Å²) in [6, 6.07) is 10.6. The van der Waals surface area contributed by atoms with Gasteiger partial charge in [0.05, 0.1) is 6.54 Å². The summed E-state index contributed by atoms with van der Waals surface area (Å²) in [6.07, 6.45) is 0. The van der Waals surface area contributed by atoms with Crippen molar-refractivity contribution in [2.45, 2.75) is 13.0 Å². The summed E-state index contributed by atoms with van der Waals surface area (Å²) in [5.41, 5.74) is 1.59. The molecule has 1 N–H and O–H groups in total. The summed E-state index contributed by atoms with van der Waals surface area (Å²) < 4.78 is 10.6. The monoisotopic (exact) mass is 380 g/mol. The molecule has 0 aliphatic carbocycles. The van der Waals surface area contributed by atoms with Gasteiger partial charge in [-0.1, -0.05) is 29.3 Å². The molecule has 0 spiro atoms. The third-order valence-electron chi connectivity index (χ3n) is 4.12. The quantitative estimate of drug-likeness (QED) is 0.837. The Bertz CT molecular complexity index is 798. The maximum absolute atomic E-state index is 12.3. The SMILES string of the molecule is CC(c1ccc(Cl)cc1Cl)N(C)CC(=O)Nc1ccc2c(c1)OCO2. The van der Waals surface area contributed by atoms with Crippen molar-refractivity contribution in [1.29, 1.82) is 0 Å². The van der Waals surface area contributed by atoms with Crippen LogP contribution in [0.15, 0.2) is 36.4 Å². The zero-order valence-corrected chi connectivity index (χ0v) is 15.4. The molecule has 1 amide bonds. The van der Waals surface area contributed by atoms with Crippen LogP contribution in [0.4, 0.5) is 5.69 Å². The van der Waals surface area contributed by atoms with Crippen LogP contribution in [0, 0.1) is 0 Å². The molecule has 5 nitrogen and oxygen atoms in total. The van der Waals surface area contributed by atoms with Gasteiger partial charge in [0, 0.05) is 27.8 Å². The highest BCUT2D eigenvalue weighted by Gasteiger charge is 2.18. The summed E-state index contributed by atoms with van der Waals surface area (Å²) in [6.45, 7) is 2.41. The standard InChI is InChI=1S/C18H18Cl2N2O3/c1-11(14-5-3-12(19)7-15(14)20)22(2)9-18(23)21-13-4-6-16-17(8-13)25-10-24-16/h3-8,11H,9-10H2,1-2H3,(H,21,23). The number of likely N-dealkylation sites (N-methyl/N-ethyl adjacent to an activating group) is 1. The minimum Gasteiger partial charge on any atom is -0.454 e. The van der Waals surface area contributed by atoms with Crippen molar-refractivity contribution in [2.24, 2.45) is 0 Å². The Kier molecular flexibility index (Phi) is 5.37. The predicted molar refractivity (Wildman–Crippen MR) is 98.7 cm³/mol. The smallest absolute Gasteiger partial charge is 0.238 e. The molecule has 7 heteroatoms. The molecule has 25 heavy (non-hydrogen) atoms. The summed E-state index contributed by atoms with van der Waals surface area (Å²) in [5, 5.41) is 4.04. The molecule has 1 atom stereocenters. The first-order chi connectivity index (χ1) is 11.9. The van der Waals surface area contributed by atoms with Gasteiger partial charge in [0.25, 0.3) is 0 Å². The van der Waals surface area contributed by atoms with Crippen molar-refractivity contribution >= 4 is 34.8 Å². The van der Waals surface area contributed by atoms with Crippen LogP contribution in [-0.2, 0) is 4.79 Å². The van der Waals surface area contributed by atoms with Crippen LogP contribution in [0.2, 0.25) is 10.0 Å². The number of anilines is 1. The van der Waals surface area contributed by atoms with Crippen molar-refractivity contribution in [2.75, 3.05) is 25.7 Å². The van der Waals surface area contributed by atoms with Crippen molar-refractivity contribution < 1.29 is 14.3 Å². The molecule has 0 radical (unpaired) electrons. The summed E-state index contributed by atoms with van der Waals surface area (Å²) >= 11 is 12.2. The Morgan fingerprint density at radius 3 is 2.72 bits per heavy atom. The van der Waals surface area contributed by atoms with Crippen LogP contribution >= 0.6 is 23.2 Å². The average Bonchev–Trinajstić information content (AvgIpc) is 3.01. The molecule has 132 valence electrons. The number of benzene rings is 2. The van der Waals surface area contributed by atoms with Crippen molar-refractivity contribution in [1.82, 2.24) is 4.90 Å². The van der Waals surface area contributed by atoms with Gasteiger partial charge in [0.2, 0.25) is 12.7 Å². The Hall–Kier alpha value is -1.95. The fraction of sp³-hybridized carbons (Fsp3) is 0.278. The van der Waals surface area contributed by atoms with Gasteiger partial charge in [0.1, 0.15) is 0 Å². The molecule has 2 aromatic rings. The van der Waals surface area contributed by atoms with Crippen molar-refractivity contribution in [3.63, 3.8) is 0 Å². The molecule has 0 aromatic heterocycles. The normalized spacial score (nSPS) is 13.8. The molecule has 0 fully saturated rings. The number of carbonyl (C=O) groups excluding carboxylic acids is 1. The van der Waals surface area contributed by atoms with E-state index in [0.717, 1.165) is 5.56 Å². The van der Waals surface area contributed by atoms with Gasteiger partial charge >= 0.3 is 0 Å². The number of halogens is 2. The number of nitrogens with zero attached hydrogens (tertiary/aromatic N) is 1. The molecule has 0 saturated heterocycles. The second kappa shape index (κ2) is 7.52. The maximum Gasteiger partial charge on any atom is 0.238 e. The first-order valence-electron chi connectivity index (χ1n) is 7.78. The number of amides is 1. The summed E-state index contributed by atoms with van der Waals surface area (Å²) in [4.78, 5) is 14.2. The van der Waals surface area contributed by atoms with Crippen molar-refractivity contribution in [3.8, 4) is 11.5 Å². The van der Waals surface area contributed by atoms with E-state index in [4.69, 9.17) is 32.7 Å². The zero-order chi connectivity index (χ0) is 18.0. The fourth-order valence-corrected chi connectivity index (χ4v) is 3.18. The third kappa shape index (κ3) is 4.18. The molecule has 1 unspecified atom stereocenters. The van der Waals surface area contributed by atoms with Gasteiger partial charge in [-0.15, -0.1) is 0 Å². The lowest BCUT2D eigenvalue weighted by Gasteiger charge is -2.25. The number of ether oxygens (including phenoxy) is 2. The Labute approximate surface area is 156 Å². The maximum atomic E-state index is 12.3. The molecule has 0 bridgehead atoms. The Morgan fingerprint density at radius 1 is 1.20 bits per heavy atom. The van der Waals surface area contributed by atoms with Crippen LogP contribution in [0.5, 0.6) is 11.5 Å². The summed E-state index contributed by atoms with van der Waals surface area (Å²) in [5.74, 6) is 1.19. The van der Waals surface area contributed by atoms with Crippen LogP contribution < -0.4 is 14.8 Å². The zero-order valence-electron chi connectivity index (χ0n) is 13.9. The number of hydrogen-bond donors (Lipinski definition) is 1. The average molecular weight is 381 g/mol. The van der Waals surface area contributed by atoms with Crippen LogP contribution in [0.1, 0.15) is 18.5 Å². The fourth-order valence-electron chi connectivity index (χ4n) is 2.62. The lowest BCUT2D eigenvalue weighted by molar-refractivity contribution is -0.117. The number of fused-ring (bicyclic) bond motifs is 1. The van der Waals surface area contributed by atoms with E-state index < -0.39 is 0 Å². The van der Waals surface area contributed by atoms with E-state index in [1.165, 1.54) is 0 Å². The van der Waals surface area contributed by atoms with E-state index in [-0.39, 0.29) is 25.3 Å². The van der Waals surface area contributed by atoms with E-state index >= 15 is 0 Å². The van der Waals surface area contributed by atoms with Gasteiger partial charge in [-0.25, -0.2) is 0 Å². The second-order valence-electron chi connectivity index (χ2n) is 5.87. The molecule has 1 aliphatic heterocycles. The van der Waals surface area contributed by atoms with Gasteiger partial charge in [-0.3, -0.25) is 9.69 Å². The van der Waals surface area contributed by atoms with E-state index in [1.54, 1.807) is 30.3 Å². The van der Waals surface area contributed by atoms with Gasteiger partial charge in [0.15, 0.2) is 11.5 Å². The number of carbonyl (C=O) groups is 1. The van der Waals surface area contributed by atoms with E-state index in [9.17, 15) is 4.79 Å². The Morgan fingerprint density at radius 2 is 1.96 bits per heavy atom. The van der Waals surface area contributed by atoms with E-state index in [2.05, 4.69) is 5.32 Å². The molecule has 1 heterocycles. The van der Waals surface area contributed by atoms with Gasteiger partial charge < -0.3 is 14.8 Å². The highest BCUT2D eigenvalue weighted by molar-refractivity contribution is 6.35. The lowest BCUT2D eigenvalue weighted by atomic mass is 10.1. The van der Waals surface area contributed by atoms with E-state index in [1.807, 2.05) is 24.9 Å². The number of rotatable bonds is 5. The molecule has 2 aromatic carbocycles. The summed E-state index contributed by atoms with van der Waals surface area (Å²) in [7, 11) is 1.87. The largest absolute Gasteiger partial charge is 0.454 e. The lowest BCUT2D eigenvalue weighted by Crippen LogP contribution is -2.32. The first-order valence-corrected chi connectivity index (χ1v) is 8.54. The molecule has 0 saturated carbocycles.